The van der Waals surface area contributed by atoms with Gasteiger partial charge in [-0.25, -0.2) is 9.97 Å². The maximum absolute atomic E-state index is 12.6. The Balaban J connectivity index is 1.25. The van der Waals surface area contributed by atoms with Crippen molar-refractivity contribution in [1.82, 2.24) is 9.97 Å². The second-order valence-corrected chi connectivity index (χ2v) is 11.0. The highest BCUT2D eigenvalue weighted by Crippen LogP contribution is 2.37. The third-order valence-corrected chi connectivity index (χ3v) is 8.41. The zero-order chi connectivity index (χ0) is 24.5. The minimum atomic E-state index is -0.0756. The fourth-order valence-corrected chi connectivity index (χ4v) is 6.13. The Labute approximate surface area is 212 Å². The summed E-state index contributed by atoms with van der Waals surface area (Å²) in [5.74, 6) is 3.63. The van der Waals surface area contributed by atoms with Gasteiger partial charge in [-0.2, -0.15) is 0 Å². The lowest BCUT2D eigenvalue weighted by Crippen LogP contribution is -2.25. The molecule has 0 saturated heterocycles. The van der Waals surface area contributed by atoms with Gasteiger partial charge in [0.05, 0.1) is 5.92 Å². The number of hydrogen-bond acceptors (Lipinski definition) is 4. The molecule has 35 heavy (non-hydrogen) atoms. The second kappa shape index (κ2) is 13.2. The SMILES string of the molecule is CCCCCC1CCC(c2cnc(-c3ccc(OC(=O)C4CCC(CCC)CC4)cc3)nc2)CC1. The Kier molecular flexibility index (Phi) is 9.74. The van der Waals surface area contributed by atoms with Crippen molar-refractivity contribution in [3.05, 3.63) is 42.2 Å². The average Bonchev–Trinajstić information content (AvgIpc) is 2.90. The molecule has 4 nitrogen and oxygen atoms in total. The minimum absolute atomic E-state index is 0.0464. The van der Waals surface area contributed by atoms with Gasteiger partial charge in [0.1, 0.15) is 5.75 Å². The standard InChI is InChI=1S/C31H44N2O2/c1-3-5-6-8-24-9-13-25(14-10-24)28-21-32-30(33-22-28)26-17-19-29(20-18-26)35-31(34)27-15-11-23(7-4-2)12-16-27/h17-25,27H,3-16H2,1-2H3. The van der Waals surface area contributed by atoms with Crippen LogP contribution >= 0.6 is 0 Å². The molecular formula is C31H44N2O2. The summed E-state index contributed by atoms with van der Waals surface area (Å²) in [6.45, 7) is 4.52. The van der Waals surface area contributed by atoms with Crippen LogP contribution in [0.3, 0.4) is 0 Å². The van der Waals surface area contributed by atoms with Crippen molar-refractivity contribution in [2.24, 2.45) is 17.8 Å². The Morgan fingerprint density at radius 1 is 0.800 bits per heavy atom. The van der Waals surface area contributed by atoms with Crippen LogP contribution in [0.5, 0.6) is 5.75 Å². The van der Waals surface area contributed by atoms with Crippen molar-refractivity contribution in [2.45, 2.75) is 110 Å². The number of hydrogen-bond donors (Lipinski definition) is 0. The lowest BCUT2D eigenvalue weighted by Gasteiger charge is -2.28. The third-order valence-electron chi connectivity index (χ3n) is 8.41. The fourth-order valence-electron chi connectivity index (χ4n) is 6.13. The van der Waals surface area contributed by atoms with E-state index in [-0.39, 0.29) is 11.9 Å². The smallest absolute Gasteiger partial charge is 0.314 e. The first-order chi connectivity index (χ1) is 17.2. The second-order valence-electron chi connectivity index (χ2n) is 11.0. The Morgan fingerprint density at radius 2 is 1.43 bits per heavy atom. The molecule has 0 amide bonds. The lowest BCUT2D eigenvalue weighted by molar-refractivity contribution is -0.140. The van der Waals surface area contributed by atoms with Crippen LogP contribution in [0.25, 0.3) is 11.4 Å². The first kappa shape index (κ1) is 25.9. The summed E-state index contributed by atoms with van der Waals surface area (Å²) in [6, 6.07) is 7.65. The fraction of sp³-hybridized carbons (Fsp3) is 0.645. The van der Waals surface area contributed by atoms with Gasteiger partial charge < -0.3 is 4.74 Å². The summed E-state index contributed by atoms with van der Waals surface area (Å²) in [4.78, 5) is 22.0. The highest BCUT2D eigenvalue weighted by Gasteiger charge is 2.27. The zero-order valence-corrected chi connectivity index (χ0v) is 21.9. The molecule has 2 saturated carbocycles. The number of aromatic nitrogens is 2. The Morgan fingerprint density at radius 3 is 2.06 bits per heavy atom. The van der Waals surface area contributed by atoms with Gasteiger partial charge in [-0.05, 0) is 98.9 Å². The van der Waals surface area contributed by atoms with E-state index in [9.17, 15) is 4.79 Å². The van der Waals surface area contributed by atoms with Crippen LogP contribution in [-0.4, -0.2) is 15.9 Å². The average molecular weight is 477 g/mol. The molecule has 0 aliphatic heterocycles. The molecule has 0 bridgehead atoms. The summed E-state index contributed by atoms with van der Waals surface area (Å²) < 4.78 is 5.70. The monoisotopic (exact) mass is 476 g/mol. The highest BCUT2D eigenvalue weighted by atomic mass is 16.5. The molecule has 190 valence electrons. The molecule has 1 aromatic heterocycles. The van der Waals surface area contributed by atoms with Crippen LogP contribution < -0.4 is 4.74 Å². The minimum Gasteiger partial charge on any atom is -0.426 e. The summed E-state index contributed by atoms with van der Waals surface area (Å²) in [5.41, 5.74) is 2.23. The van der Waals surface area contributed by atoms with E-state index < -0.39 is 0 Å². The molecule has 2 aliphatic rings. The van der Waals surface area contributed by atoms with Crippen LogP contribution in [0.2, 0.25) is 0 Å². The van der Waals surface area contributed by atoms with Gasteiger partial charge in [0, 0.05) is 18.0 Å². The quantitative estimate of drug-likeness (QED) is 0.196. The van der Waals surface area contributed by atoms with E-state index in [0.717, 1.165) is 48.9 Å². The summed E-state index contributed by atoms with van der Waals surface area (Å²) >= 11 is 0. The van der Waals surface area contributed by atoms with Gasteiger partial charge in [-0.1, -0.05) is 52.4 Å². The molecule has 0 unspecified atom stereocenters. The molecule has 0 radical (unpaired) electrons. The molecule has 0 N–H and O–H groups in total. The predicted molar refractivity (Wildman–Crippen MR) is 142 cm³/mol. The largest absolute Gasteiger partial charge is 0.426 e. The van der Waals surface area contributed by atoms with Gasteiger partial charge in [0.2, 0.25) is 0 Å². The number of nitrogens with zero attached hydrogens (tertiary/aromatic N) is 2. The van der Waals surface area contributed by atoms with Crippen LogP contribution in [-0.2, 0) is 4.79 Å². The highest BCUT2D eigenvalue weighted by molar-refractivity contribution is 5.75. The van der Waals surface area contributed by atoms with Crippen LogP contribution in [0.1, 0.15) is 115 Å². The molecule has 0 spiro atoms. The number of benzene rings is 1. The van der Waals surface area contributed by atoms with Crippen molar-refractivity contribution in [2.75, 3.05) is 0 Å². The summed E-state index contributed by atoms with van der Waals surface area (Å²) in [6.07, 6.45) is 21.5. The maximum Gasteiger partial charge on any atom is 0.314 e. The molecule has 2 aliphatic carbocycles. The first-order valence-corrected chi connectivity index (χ1v) is 14.3. The van der Waals surface area contributed by atoms with Crippen LogP contribution in [0.15, 0.2) is 36.7 Å². The van der Waals surface area contributed by atoms with Crippen LogP contribution in [0.4, 0.5) is 0 Å². The van der Waals surface area contributed by atoms with E-state index in [1.54, 1.807) is 0 Å². The van der Waals surface area contributed by atoms with E-state index in [2.05, 4.69) is 23.8 Å². The van der Waals surface area contributed by atoms with E-state index in [0.29, 0.717) is 11.7 Å². The number of carbonyl (C=O) groups is 1. The van der Waals surface area contributed by atoms with Crippen molar-refractivity contribution in [1.29, 1.82) is 0 Å². The zero-order valence-electron chi connectivity index (χ0n) is 21.9. The normalized spacial score (nSPS) is 24.7. The van der Waals surface area contributed by atoms with Gasteiger partial charge in [0.25, 0.3) is 0 Å². The van der Waals surface area contributed by atoms with Gasteiger partial charge in [0.15, 0.2) is 5.82 Å². The Hall–Kier alpha value is -2.23. The van der Waals surface area contributed by atoms with Gasteiger partial charge in [-0.3, -0.25) is 4.79 Å². The van der Waals surface area contributed by atoms with Gasteiger partial charge in [-0.15, -0.1) is 0 Å². The van der Waals surface area contributed by atoms with E-state index in [1.165, 1.54) is 69.8 Å². The molecule has 2 fully saturated rings. The number of ether oxygens (including phenoxy) is 1. The number of rotatable bonds is 10. The molecule has 4 rings (SSSR count). The molecule has 2 aromatic rings. The Bertz CT molecular complexity index is 893. The van der Waals surface area contributed by atoms with Crippen LogP contribution in [0, 0.1) is 17.8 Å². The van der Waals surface area contributed by atoms with Crippen molar-refractivity contribution >= 4 is 5.97 Å². The summed E-state index contributed by atoms with van der Waals surface area (Å²) in [7, 11) is 0. The molecule has 1 heterocycles. The molecular weight excluding hydrogens is 432 g/mol. The lowest BCUT2D eigenvalue weighted by atomic mass is 9.77. The topological polar surface area (TPSA) is 52.1 Å². The number of carbonyl (C=O) groups excluding carboxylic acids is 1. The van der Waals surface area contributed by atoms with Crippen molar-refractivity contribution < 1.29 is 9.53 Å². The van der Waals surface area contributed by atoms with Crippen molar-refractivity contribution in [3.63, 3.8) is 0 Å². The number of unbranched alkanes of at least 4 members (excludes halogenated alkanes) is 2. The maximum atomic E-state index is 12.6. The molecule has 0 atom stereocenters. The summed E-state index contributed by atoms with van der Waals surface area (Å²) in [5, 5.41) is 0. The van der Waals surface area contributed by atoms with E-state index >= 15 is 0 Å². The van der Waals surface area contributed by atoms with Crippen molar-refractivity contribution in [3.8, 4) is 17.1 Å². The van der Waals surface area contributed by atoms with E-state index in [1.807, 2.05) is 36.7 Å². The van der Waals surface area contributed by atoms with Gasteiger partial charge >= 0.3 is 5.97 Å². The molecule has 4 heteroatoms. The predicted octanol–water partition coefficient (Wildman–Crippen LogP) is 8.51. The number of esters is 1. The first-order valence-electron chi connectivity index (χ1n) is 14.3. The third kappa shape index (κ3) is 7.38. The van der Waals surface area contributed by atoms with E-state index in [4.69, 9.17) is 4.74 Å². The molecule has 1 aromatic carbocycles.